The Balaban J connectivity index is 2.71. The van der Waals surface area contributed by atoms with E-state index in [0.29, 0.717) is 0 Å². The number of halogens is 1. The summed E-state index contributed by atoms with van der Waals surface area (Å²) in [7, 11) is 0. The van der Waals surface area contributed by atoms with Crippen molar-refractivity contribution in [3.63, 3.8) is 0 Å². The Bertz CT molecular complexity index is 339. The van der Waals surface area contributed by atoms with Gasteiger partial charge in [-0.25, -0.2) is 4.39 Å². The molecule has 1 amide bonds. The highest BCUT2D eigenvalue weighted by atomic mass is 19.1. The summed E-state index contributed by atoms with van der Waals surface area (Å²) in [4.78, 5) is 11.4. The van der Waals surface area contributed by atoms with Gasteiger partial charge in [-0.15, -0.1) is 0 Å². The molecule has 7 heteroatoms. The maximum absolute atomic E-state index is 12.0. The lowest BCUT2D eigenvalue weighted by Gasteiger charge is -2.00. The van der Waals surface area contributed by atoms with Crippen LogP contribution >= 0.6 is 0 Å². The minimum Gasteiger partial charge on any atom is -0.396 e. The van der Waals surface area contributed by atoms with E-state index in [-0.39, 0.29) is 31.1 Å². The molecule has 0 aliphatic rings. The number of nitrogens with one attached hydrogen (secondary N) is 1. The zero-order valence-electron chi connectivity index (χ0n) is 8.11. The van der Waals surface area contributed by atoms with Crippen molar-refractivity contribution in [2.24, 2.45) is 0 Å². The Morgan fingerprint density at radius 2 is 2.47 bits per heavy atom. The summed E-state index contributed by atoms with van der Waals surface area (Å²) in [5.74, 6) is -0.473. The van der Waals surface area contributed by atoms with Crippen LogP contribution in [-0.4, -0.2) is 40.6 Å². The van der Waals surface area contributed by atoms with Crippen molar-refractivity contribution in [3.05, 3.63) is 11.9 Å². The fourth-order valence-corrected chi connectivity index (χ4v) is 1.07. The SMILES string of the molecule is Nc1cn(CCF)nc1C(=O)NCCO. The molecule has 0 spiro atoms. The first-order chi connectivity index (χ1) is 7.19. The predicted octanol–water partition coefficient (Wildman–Crippen LogP) is -0.843. The zero-order chi connectivity index (χ0) is 11.3. The van der Waals surface area contributed by atoms with E-state index in [1.165, 1.54) is 10.9 Å². The molecule has 0 fully saturated rings. The van der Waals surface area contributed by atoms with E-state index in [1.54, 1.807) is 0 Å². The summed E-state index contributed by atoms with van der Waals surface area (Å²) >= 11 is 0. The number of rotatable bonds is 5. The Morgan fingerprint density at radius 1 is 1.73 bits per heavy atom. The van der Waals surface area contributed by atoms with E-state index in [1.807, 2.05) is 0 Å². The lowest BCUT2D eigenvalue weighted by Crippen LogP contribution is -2.27. The van der Waals surface area contributed by atoms with Crippen LogP contribution in [0.3, 0.4) is 0 Å². The second kappa shape index (κ2) is 5.30. The third-order valence-corrected chi connectivity index (χ3v) is 1.72. The molecule has 1 rings (SSSR count). The maximum atomic E-state index is 12.0. The number of carbonyl (C=O) groups excluding carboxylic acids is 1. The number of nitrogens with zero attached hydrogens (tertiary/aromatic N) is 2. The minimum atomic E-state index is -0.571. The molecule has 0 aromatic carbocycles. The van der Waals surface area contributed by atoms with Crippen molar-refractivity contribution in [3.8, 4) is 0 Å². The highest BCUT2D eigenvalue weighted by Gasteiger charge is 2.13. The molecule has 0 radical (unpaired) electrons. The van der Waals surface area contributed by atoms with Crippen molar-refractivity contribution < 1.29 is 14.3 Å². The van der Waals surface area contributed by atoms with Gasteiger partial charge in [-0.05, 0) is 0 Å². The van der Waals surface area contributed by atoms with Gasteiger partial charge in [0.2, 0.25) is 0 Å². The van der Waals surface area contributed by atoms with Gasteiger partial charge >= 0.3 is 0 Å². The molecule has 0 aliphatic carbocycles. The molecule has 84 valence electrons. The van der Waals surface area contributed by atoms with Crippen molar-refractivity contribution >= 4 is 11.6 Å². The van der Waals surface area contributed by atoms with Crippen LogP contribution < -0.4 is 11.1 Å². The van der Waals surface area contributed by atoms with Gasteiger partial charge in [-0.1, -0.05) is 0 Å². The number of alkyl halides is 1. The van der Waals surface area contributed by atoms with Crippen molar-refractivity contribution in [2.45, 2.75) is 6.54 Å². The standard InChI is InChI=1S/C8H13FN4O2/c9-1-3-13-5-6(10)7(12-13)8(15)11-2-4-14/h5,14H,1-4,10H2,(H,11,15). The molecule has 15 heavy (non-hydrogen) atoms. The highest BCUT2D eigenvalue weighted by Crippen LogP contribution is 2.08. The molecule has 0 atom stereocenters. The quantitative estimate of drug-likeness (QED) is 0.598. The Morgan fingerprint density at radius 3 is 3.07 bits per heavy atom. The fraction of sp³-hybridized carbons (Fsp3) is 0.500. The van der Waals surface area contributed by atoms with E-state index >= 15 is 0 Å². The molecule has 1 aromatic heterocycles. The van der Waals surface area contributed by atoms with Gasteiger partial charge in [0.25, 0.3) is 5.91 Å². The lowest BCUT2D eigenvalue weighted by atomic mass is 10.3. The molecule has 6 nitrogen and oxygen atoms in total. The average molecular weight is 216 g/mol. The van der Waals surface area contributed by atoms with Crippen molar-refractivity contribution in [2.75, 3.05) is 25.6 Å². The Kier molecular flexibility index (Phi) is 4.04. The molecule has 0 saturated heterocycles. The maximum Gasteiger partial charge on any atom is 0.274 e. The van der Waals surface area contributed by atoms with E-state index in [0.717, 1.165) is 0 Å². The van der Waals surface area contributed by atoms with Crippen LogP contribution in [0.15, 0.2) is 6.20 Å². The van der Waals surface area contributed by atoms with Gasteiger partial charge < -0.3 is 16.2 Å². The number of aryl methyl sites for hydroxylation is 1. The van der Waals surface area contributed by atoms with Crippen LogP contribution in [0.5, 0.6) is 0 Å². The van der Waals surface area contributed by atoms with Crippen LogP contribution in [0, 0.1) is 0 Å². The van der Waals surface area contributed by atoms with Crippen molar-refractivity contribution in [1.29, 1.82) is 0 Å². The van der Waals surface area contributed by atoms with E-state index in [9.17, 15) is 9.18 Å². The molecule has 0 unspecified atom stereocenters. The number of amides is 1. The van der Waals surface area contributed by atoms with E-state index in [4.69, 9.17) is 10.8 Å². The number of hydrogen-bond donors (Lipinski definition) is 3. The molecule has 0 aliphatic heterocycles. The molecule has 0 saturated carbocycles. The van der Waals surface area contributed by atoms with Crippen LogP contribution in [0.1, 0.15) is 10.5 Å². The third-order valence-electron chi connectivity index (χ3n) is 1.72. The zero-order valence-corrected chi connectivity index (χ0v) is 8.11. The summed E-state index contributed by atoms with van der Waals surface area (Å²) in [5, 5.41) is 14.7. The summed E-state index contributed by atoms with van der Waals surface area (Å²) in [6, 6.07) is 0. The number of hydrogen-bond acceptors (Lipinski definition) is 4. The molecule has 4 N–H and O–H groups in total. The monoisotopic (exact) mass is 216 g/mol. The second-order valence-corrected chi connectivity index (χ2v) is 2.86. The number of aromatic nitrogens is 2. The largest absolute Gasteiger partial charge is 0.396 e. The normalized spacial score (nSPS) is 10.3. The number of nitrogen functional groups attached to an aromatic ring is 1. The second-order valence-electron chi connectivity index (χ2n) is 2.86. The summed E-state index contributed by atoms with van der Waals surface area (Å²) in [5.41, 5.74) is 5.76. The van der Waals surface area contributed by atoms with Gasteiger partial charge in [-0.2, -0.15) is 5.10 Å². The number of anilines is 1. The van der Waals surface area contributed by atoms with Gasteiger partial charge in [0, 0.05) is 12.7 Å². The van der Waals surface area contributed by atoms with Crippen molar-refractivity contribution in [1.82, 2.24) is 15.1 Å². The van der Waals surface area contributed by atoms with Gasteiger partial charge in [0.1, 0.15) is 6.67 Å². The Labute approximate surface area is 85.9 Å². The fourth-order valence-electron chi connectivity index (χ4n) is 1.07. The molecular formula is C8H13FN4O2. The van der Waals surface area contributed by atoms with E-state index < -0.39 is 12.6 Å². The van der Waals surface area contributed by atoms with Crippen LogP contribution in [0.25, 0.3) is 0 Å². The highest BCUT2D eigenvalue weighted by molar-refractivity contribution is 5.96. The molecule has 1 aromatic rings. The lowest BCUT2D eigenvalue weighted by molar-refractivity contribution is 0.0939. The first kappa shape index (κ1) is 11.4. The third kappa shape index (κ3) is 2.91. The number of nitrogens with two attached hydrogens (primary N) is 1. The van der Waals surface area contributed by atoms with Crippen LogP contribution in [0.2, 0.25) is 0 Å². The smallest absolute Gasteiger partial charge is 0.274 e. The summed E-state index contributed by atoms with van der Waals surface area (Å²) in [6.07, 6.45) is 1.40. The van der Waals surface area contributed by atoms with Crippen LogP contribution in [-0.2, 0) is 6.54 Å². The number of carbonyl (C=O) groups is 1. The average Bonchev–Trinajstić information content (AvgIpc) is 2.57. The first-order valence-electron chi connectivity index (χ1n) is 4.47. The van der Waals surface area contributed by atoms with Gasteiger partial charge in [-0.3, -0.25) is 9.48 Å². The molecular weight excluding hydrogens is 203 g/mol. The molecule has 1 heterocycles. The van der Waals surface area contributed by atoms with Gasteiger partial charge in [0.15, 0.2) is 5.69 Å². The molecule has 0 bridgehead atoms. The predicted molar refractivity (Wildman–Crippen MR) is 52.0 cm³/mol. The number of aliphatic hydroxyl groups excluding tert-OH is 1. The minimum absolute atomic E-state index is 0.0527. The number of aliphatic hydroxyl groups is 1. The summed E-state index contributed by atoms with van der Waals surface area (Å²) in [6.45, 7) is -0.526. The first-order valence-corrected chi connectivity index (χ1v) is 4.47. The summed E-state index contributed by atoms with van der Waals surface area (Å²) < 4.78 is 13.3. The Hall–Kier alpha value is -1.63. The van der Waals surface area contributed by atoms with E-state index in [2.05, 4.69) is 10.4 Å². The topological polar surface area (TPSA) is 93.2 Å². The van der Waals surface area contributed by atoms with Crippen LogP contribution in [0.4, 0.5) is 10.1 Å². The van der Waals surface area contributed by atoms with Gasteiger partial charge in [0.05, 0.1) is 18.8 Å².